The Balaban J connectivity index is 1.58. The fourth-order valence-electron chi connectivity index (χ4n) is 4.83. The van der Waals surface area contributed by atoms with Crippen LogP contribution in [0.2, 0.25) is 0 Å². The van der Waals surface area contributed by atoms with Crippen molar-refractivity contribution in [3.8, 4) is 0 Å². The summed E-state index contributed by atoms with van der Waals surface area (Å²) >= 11 is 2.04. The number of hydrogen-bond donors (Lipinski definition) is 1. The van der Waals surface area contributed by atoms with Crippen molar-refractivity contribution >= 4 is 17.4 Å². The smallest absolute Gasteiger partial charge is 0.0966 e. The van der Waals surface area contributed by atoms with Gasteiger partial charge in [-0.05, 0) is 68.4 Å². The molecule has 0 aromatic carbocycles. The summed E-state index contributed by atoms with van der Waals surface area (Å²) in [7, 11) is 0. The fraction of sp³-hybridized carbons (Fsp3) is 0.667. The first-order valence-corrected chi connectivity index (χ1v) is 7.93. The molecule has 5 rings (SSSR count). The second-order valence-electron chi connectivity index (χ2n) is 6.63. The van der Waals surface area contributed by atoms with Gasteiger partial charge in [-0.15, -0.1) is 0 Å². The minimum atomic E-state index is 0.512. The molecular formula is C15H20N2S. The fourth-order valence-corrected chi connectivity index (χ4v) is 6.47. The molecule has 18 heavy (non-hydrogen) atoms. The highest BCUT2D eigenvalue weighted by Crippen LogP contribution is 2.61. The Morgan fingerprint density at radius 3 is 2.17 bits per heavy atom. The molecule has 0 radical (unpaired) electrons. The number of nitrogens with zero attached hydrogens (tertiary/aromatic N) is 1. The van der Waals surface area contributed by atoms with E-state index in [2.05, 4.69) is 11.1 Å². The van der Waals surface area contributed by atoms with Crippen LogP contribution in [0.15, 0.2) is 23.4 Å². The van der Waals surface area contributed by atoms with Crippen molar-refractivity contribution in [1.29, 1.82) is 0 Å². The maximum absolute atomic E-state index is 5.72. The Kier molecular flexibility index (Phi) is 2.41. The quantitative estimate of drug-likeness (QED) is 0.880. The number of pyridine rings is 1. The molecular weight excluding hydrogens is 240 g/mol. The van der Waals surface area contributed by atoms with E-state index in [0.29, 0.717) is 4.75 Å². The Labute approximate surface area is 113 Å². The number of aromatic nitrogens is 1. The van der Waals surface area contributed by atoms with Gasteiger partial charge >= 0.3 is 0 Å². The number of anilines is 1. The Morgan fingerprint density at radius 1 is 1.06 bits per heavy atom. The third kappa shape index (κ3) is 1.83. The molecule has 1 heterocycles. The largest absolute Gasteiger partial charge is 0.397 e. The summed E-state index contributed by atoms with van der Waals surface area (Å²) in [6.07, 6.45) is 10.6. The SMILES string of the molecule is Nc1ccc(SC23CC4CC(CC(C4)C2)C3)nc1. The van der Waals surface area contributed by atoms with Crippen molar-refractivity contribution in [3.05, 3.63) is 18.3 Å². The lowest BCUT2D eigenvalue weighted by molar-refractivity contribution is 0.0383. The minimum absolute atomic E-state index is 0.512. The van der Waals surface area contributed by atoms with Gasteiger partial charge in [-0.1, -0.05) is 11.8 Å². The second-order valence-corrected chi connectivity index (χ2v) is 8.12. The molecule has 0 atom stereocenters. The van der Waals surface area contributed by atoms with E-state index in [1.54, 1.807) is 6.20 Å². The second kappa shape index (κ2) is 3.89. The summed E-state index contributed by atoms with van der Waals surface area (Å²) in [6, 6.07) is 4.08. The van der Waals surface area contributed by atoms with E-state index in [-0.39, 0.29) is 0 Å². The van der Waals surface area contributed by atoms with E-state index in [1.165, 1.54) is 43.6 Å². The van der Waals surface area contributed by atoms with Crippen LogP contribution in [0.4, 0.5) is 5.69 Å². The van der Waals surface area contributed by atoms with Gasteiger partial charge in [0, 0.05) is 4.75 Å². The zero-order valence-corrected chi connectivity index (χ0v) is 11.5. The molecule has 1 aromatic rings. The van der Waals surface area contributed by atoms with Gasteiger partial charge in [0.15, 0.2) is 0 Å². The summed E-state index contributed by atoms with van der Waals surface area (Å²) in [5.41, 5.74) is 6.48. The number of hydrogen-bond acceptors (Lipinski definition) is 3. The highest BCUT2D eigenvalue weighted by molar-refractivity contribution is 8.00. The number of rotatable bonds is 2. The highest BCUT2D eigenvalue weighted by atomic mass is 32.2. The van der Waals surface area contributed by atoms with Gasteiger partial charge in [-0.2, -0.15) is 0 Å². The van der Waals surface area contributed by atoms with Crippen molar-refractivity contribution in [2.75, 3.05) is 5.73 Å². The normalized spacial score (nSPS) is 41.2. The molecule has 4 saturated carbocycles. The van der Waals surface area contributed by atoms with Gasteiger partial charge in [0.2, 0.25) is 0 Å². The van der Waals surface area contributed by atoms with Crippen LogP contribution in [-0.4, -0.2) is 9.73 Å². The average molecular weight is 260 g/mol. The van der Waals surface area contributed by atoms with Gasteiger partial charge in [0.1, 0.15) is 0 Å². The third-order valence-corrected chi connectivity index (χ3v) is 6.45. The van der Waals surface area contributed by atoms with Crippen LogP contribution in [0.5, 0.6) is 0 Å². The topological polar surface area (TPSA) is 38.9 Å². The first kappa shape index (κ1) is 11.2. The summed E-state index contributed by atoms with van der Waals surface area (Å²) in [5, 5.41) is 1.17. The lowest BCUT2D eigenvalue weighted by atomic mass is 9.56. The van der Waals surface area contributed by atoms with Crippen LogP contribution in [0.1, 0.15) is 38.5 Å². The van der Waals surface area contributed by atoms with E-state index < -0.39 is 0 Å². The van der Waals surface area contributed by atoms with E-state index in [9.17, 15) is 0 Å². The Hall–Kier alpha value is -0.700. The van der Waals surface area contributed by atoms with Gasteiger partial charge in [-0.25, -0.2) is 4.98 Å². The standard InChI is InChI=1S/C15H20N2S/c16-13-1-2-14(17-9-13)18-15-6-10-3-11(7-15)5-12(4-10)8-15/h1-2,9-12H,3-8,16H2. The molecule has 0 spiro atoms. The molecule has 4 aliphatic carbocycles. The molecule has 4 bridgehead atoms. The van der Waals surface area contributed by atoms with E-state index >= 15 is 0 Å². The van der Waals surface area contributed by atoms with Crippen molar-refractivity contribution in [2.45, 2.75) is 48.3 Å². The highest BCUT2D eigenvalue weighted by Gasteiger charge is 2.51. The van der Waals surface area contributed by atoms with Crippen LogP contribution in [-0.2, 0) is 0 Å². The van der Waals surface area contributed by atoms with Gasteiger partial charge < -0.3 is 5.73 Å². The lowest BCUT2D eigenvalue weighted by Crippen LogP contribution is -2.48. The molecule has 3 heteroatoms. The number of nitrogens with two attached hydrogens (primary N) is 1. The number of thioether (sulfide) groups is 1. The van der Waals surface area contributed by atoms with Crippen molar-refractivity contribution in [1.82, 2.24) is 4.98 Å². The molecule has 0 unspecified atom stereocenters. The minimum Gasteiger partial charge on any atom is -0.397 e. The zero-order chi connectivity index (χ0) is 12.2. The molecule has 4 aliphatic rings. The average Bonchev–Trinajstić information content (AvgIpc) is 2.30. The molecule has 4 fully saturated rings. The summed E-state index contributed by atoms with van der Waals surface area (Å²) in [5.74, 6) is 3.03. The predicted octanol–water partition coefficient (Wildman–Crippen LogP) is 3.72. The molecule has 0 amide bonds. The molecule has 0 aliphatic heterocycles. The Bertz CT molecular complexity index is 419. The van der Waals surface area contributed by atoms with E-state index in [4.69, 9.17) is 5.73 Å². The van der Waals surface area contributed by atoms with Crippen molar-refractivity contribution in [2.24, 2.45) is 17.8 Å². The van der Waals surface area contributed by atoms with Crippen LogP contribution < -0.4 is 5.73 Å². The van der Waals surface area contributed by atoms with E-state index in [0.717, 1.165) is 23.4 Å². The van der Waals surface area contributed by atoms with Gasteiger partial charge in [0.05, 0.1) is 16.9 Å². The maximum Gasteiger partial charge on any atom is 0.0966 e. The van der Waals surface area contributed by atoms with Crippen molar-refractivity contribution in [3.63, 3.8) is 0 Å². The van der Waals surface area contributed by atoms with Crippen LogP contribution in [0.3, 0.4) is 0 Å². The first-order chi connectivity index (χ1) is 8.71. The molecule has 96 valence electrons. The maximum atomic E-state index is 5.72. The van der Waals surface area contributed by atoms with Crippen LogP contribution >= 0.6 is 11.8 Å². The summed E-state index contributed by atoms with van der Waals surface area (Å²) in [6.45, 7) is 0. The van der Waals surface area contributed by atoms with Gasteiger partial charge in [0.25, 0.3) is 0 Å². The Morgan fingerprint density at radius 2 is 1.67 bits per heavy atom. The summed E-state index contributed by atoms with van der Waals surface area (Å²) < 4.78 is 0.512. The molecule has 2 nitrogen and oxygen atoms in total. The zero-order valence-electron chi connectivity index (χ0n) is 10.6. The van der Waals surface area contributed by atoms with Crippen LogP contribution in [0, 0.1) is 17.8 Å². The number of nitrogen functional groups attached to an aromatic ring is 1. The summed E-state index contributed by atoms with van der Waals surface area (Å²) in [4.78, 5) is 4.49. The van der Waals surface area contributed by atoms with Gasteiger partial charge in [-0.3, -0.25) is 0 Å². The first-order valence-electron chi connectivity index (χ1n) is 7.11. The molecule has 1 aromatic heterocycles. The monoisotopic (exact) mass is 260 g/mol. The third-order valence-electron chi connectivity index (χ3n) is 5.06. The van der Waals surface area contributed by atoms with Crippen LogP contribution in [0.25, 0.3) is 0 Å². The predicted molar refractivity (Wildman–Crippen MR) is 75.4 cm³/mol. The lowest BCUT2D eigenvalue weighted by Gasteiger charge is -2.56. The molecule has 0 saturated heterocycles. The van der Waals surface area contributed by atoms with E-state index in [1.807, 2.05) is 17.8 Å². The molecule has 2 N–H and O–H groups in total. The van der Waals surface area contributed by atoms with Crippen molar-refractivity contribution < 1.29 is 0 Å².